The number of nitrogens with one attached hydrogen (secondary N) is 3. The van der Waals surface area contributed by atoms with Gasteiger partial charge < -0.3 is 15.4 Å². The average molecular weight is 417 g/mol. The summed E-state index contributed by atoms with van der Waals surface area (Å²) < 4.78 is 5.38. The van der Waals surface area contributed by atoms with Gasteiger partial charge in [-0.25, -0.2) is 0 Å². The molecule has 0 bridgehead atoms. The fourth-order valence-corrected chi connectivity index (χ4v) is 3.94. The van der Waals surface area contributed by atoms with E-state index in [0.29, 0.717) is 12.8 Å². The first-order valence-electron chi connectivity index (χ1n) is 11.4. The molecule has 3 rings (SSSR count). The lowest BCUT2D eigenvalue weighted by Crippen LogP contribution is -2.47. The summed E-state index contributed by atoms with van der Waals surface area (Å²) in [6.07, 6.45) is 8.63. The van der Waals surface area contributed by atoms with Gasteiger partial charge in [-0.1, -0.05) is 25.7 Å². The minimum Gasteiger partial charge on any atom is -0.385 e. The molecule has 2 amide bonds. The van der Waals surface area contributed by atoms with E-state index in [9.17, 15) is 9.59 Å². The second-order valence-electron chi connectivity index (χ2n) is 8.23. The highest BCUT2D eigenvalue weighted by Crippen LogP contribution is 2.17. The van der Waals surface area contributed by atoms with Gasteiger partial charge in [0.15, 0.2) is 0 Å². The molecule has 0 saturated carbocycles. The number of rotatable bonds is 12. The normalized spacial score (nSPS) is 20.1. The van der Waals surface area contributed by atoms with Crippen molar-refractivity contribution in [3.05, 3.63) is 24.3 Å². The van der Waals surface area contributed by atoms with Gasteiger partial charge in [-0.2, -0.15) is 0 Å². The Morgan fingerprint density at radius 3 is 2.33 bits per heavy atom. The average Bonchev–Trinajstić information content (AvgIpc) is 2.76. The summed E-state index contributed by atoms with van der Waals surface area (Å²) in [6.45, 7) is 6.18. The number of hydrogen-bond donors (Lipinski definition) is 3. The molecule has 166 valence electrons. The molecule has 1 aromatic carbocycles. The molecule has 1 aromatic rings. The molecule has 1 unspecified atom stereocenters. The largest absolute Gasteiger partial charge is 0.385 e. The Bertz CT molecular complexity index is 659. The summed E-state index contributed by atoms with van der Waals surface area (Å²) >= 11 is 0. The molecule has 7 nitrogen and oxygen atoms in total. The fraction of sp³-hybridized carbons (Fsp3) is 0.652. The highest BCUT2D eigenvalue weighted by molar-refractivity contribution is 6.01. The van der Waals surface area contributed by atoms with Crippen LogP contribution in [0.4, 0.5) is 11.4 Å². The first-order chi connectivity index (χ1) is 14.7. The molecule has 7 heteroatoms. The summed E-state index contributed by atoms with van der Waals surface area (Å²) in [5, 5.41) is 9.04. The zero-order valence-corrected chi connectivity index (χ0v) is 18.0. The van der Waals surface area contributed by atoms with E-state index in [1.807, 2.05) is 24.3 Å². The zero-order valence-electron chi connectivity index (χ0n) is 18.0. The van der Waals surface area contributed by atoms with E-state index in [2.05, 4.69) is 20.9 Å². The summed E-state index contributed by atoms with van der Waals surface area (Å²) in [7, 11) is 0. The first-order valence-corrected chi connectivity index (χ1v) is 11.4. The molecule has 30 heavy (non-hydrogen) atoms. The van der Waals surface area contributed by atoms with Gasteiger partial charge >= 0.3 is 0 Å². The Labute approximate surface area is 179 Å². The van der Waals surface area contributed by atoms with E-state index < -0.39 is 0 Å². The van der Waals surface area contributed by atoms with Crippen LogP contribution in [0.2, 0.25) is 0 Å². The zero-order chi connectivity index (χ0) is 21.0. The van der Waals surface area contributed by atoms with Gasteiger partial charge in [-0.3, -0.25) is 19.8 Å². The van der Waals surface area contributed by atoms with Crippen molar-refractivity contribution in [2.24, 2.45) is 0 Å². The SMILES string of the molecule is O=C1CCC(Nc2ccc(NCCCCCCCCN3CCOCC3)cc2)C(=O)N1. The number of amides is 2. The second kappa shape index (κ2) is 12.5. The maximum Gasteiger partial charge on any atom is 0.249 e. The lowest BCUT2D eigenvalue weighted by atomic mass is 10.1. The molecule has 2 aliphatic rings. The van der Waals surface area contributed by atoms with Gasteiger partial charge in [0.2, 0.25) is 11.8 Å². The Hall–Kier alpha value is -2.12. The minimum absolute atomic E-state index is 0.189. The Morgan fingerprint density at radius 2 is 1.60 bits per heavy atom. The molecule has 1 atom stereocenters. The second-order valence-corrected chi connectivity index (χ2v) is 8.23. The highest BCUT2D eigenvalue weighted by atomic mass is 16.5. The summed E-state index contributed by atoms with van der Waals surface area (Å²) in [4.78, 5) is 25.5. The summed E-state index contributed by atoms with van der Waals surface area (Å²) in [6, 6.07) is 7.66. The topological polar surface area (TPSA) is 82.7 Å². The van der Waals surface area contributed by atoms with Gasteiger partial charge in [-0.05, 0) is 50.1 Å². The van der Waals surface area contributed by atoms with Crippen molar-refractivity contribution in [2.45, 2.75) is 57.4 Å². The Kier molecular flexibility index (Phi) is 9.44. The maximum absolute atomic E-state index is 11.8. The number of nitrogens with zero attached hydrogens (tertiary/aromatic N) is 1. The van der Waals surface area contributed by atoms with Crippen molar-refractivity contribution < 1.29 is 14.3 Å². The molecule has 2 heterocycles. The van der Waals surface area contributed by atoms with Crippen molar-refractivity contribution in [2.75, 3.05) is 50.0 Å². The van der Waals surface area contributed by atoms with Crippen molar-refractivity contribution in [3.8, 4) is 0 Å². The van der Waals surface area contributed by atoms with Crippen LogP contribution in [0.1, 0.15) is 51.4 Å². The van der Waals surface area contributed by atoms with E-state index in [1.165, 1.54) is 45.1 Å². The predicted molar refractivity (Wildman–Crippen MR) is 120 cm³/mol. The number of carbonyl (C=O) groups excluding carboxylic acids is 2. The van der Waals surface area contributed by atoms with Crippen molar-refractivity contribution in [1.82, 2.24) is 10.2 Å². The van der Waals surface area contributed by atoms with Crippen LogP contribution in [0, 0.1) is 0 Å². The molecule has 2 aliphatic heterocycles. The lowest BCUT2D eigenvalue weighted by molar-refractivity contribution is -0.133. The fourth-order valence-electron chi connectivity index (χ4n) is 3.94. The van der Waals surface area contributed by atoms with Gasteiger partial charge in [0.1, 0.15) is 6.04 Å². The van der Waals surface area contributed by atoms with Crippen molar-refractivity contribution in [1.29, 1.82) is 0 Å². The molecule has 3 N–H and O–H groups in total. The van der Waals surface area contributed by atoms with E-state index in [4.69, 9.17) is 4.74 Å². The van der Waals surface area contributed by atoms with Crippen LogP contribution < -0.4 is 16.0 Å². The van der Waals surface area contributed by atoms with Crippen molar-refractivity contribution in [3.63, 3.8) is 0 Å². The molecular formula is C23H36N4O3. The van der Waals surface area contributed by atoms with Crippen LogP contribution in [0.5, 0.6) is 0 Å². The monoisotopic (exact) mass is 416 g/mol. The molecule has 0 aromatic heterocycles. The number of imide groups is 1. The predicted octanol–water partition coefficient (Wildman–Crippen LogP) is 2.99. The molecule has 0 radical (unpaired) electrons. The van der Waals surface area contributed by atoms with Gasteiger partial charge in [0.05, 0.1) is 13.2 Å². The van der Waals surface area contributed by atoms with E-state index in [1.54, 1.807) is 0 Å². The lowest BCUT2D eigenvalue weighted by Gasteiger charge is -2.26. The van der Waals surface area contributed by atoms with Crippen molar-refractivity contribution >= 4 is 23.2 Å². The van der Waals surface area contributed by atoms with Gasteiger partial charge in [0, 0.05) is 37.4 Å². The van der Waals surface area contributed by atoms with Gasteiger partial charge in [-0.15, -0.1) is 0 Å². The number of morpholine rings is 1. The third-order valence-electron chi connectivity index (χ3n) is 5.80. The summed E-state index contributed by atoms with van der Waals surface area (Å²) in [5.41, 5.74) is 1.99. The first kappa shape index (κ1) is 22.6. The maximum atomic E-state index is 11.8. The number of benzene rings is 1. The smallest absolute Gasteiger partial charge is 0.249 e. The number of carbonyl (C=O) groups is 2. The molecule has 2 saturated heterocycles. The van der Waals surface area contributed by atoms with Crippen LogP contribution in [-0.4, -0.2) is 62.1 Å². The third kappa shape index (κ3) is 7.95. The standard InChI is InChI=1S/C23H36N4O3/c28-22-12-11-21(23(29)26-22)25-20-9-7-19(8-10-20)24-13-5-3-1-2-4-6-14-27-15-17-30-18-16-27/h7-10,21,24-25H,1-6,11-18H2,(H,26,28,29). The molecular weight excluding hydrogens is 380 g/mol. The van der Waals surface area contributed by atoms with E-state index in [0.717, 1.165) is 44.2 Å². The number of ether oxygens (including phenoxy) is 1. The van der Waals surface area contributed by atoms with E-state index >= 15 is 0 Å². The molecule has 2 fully saturated rings. The van der Waals surface area contributed by atoms with Crippen LogP contribution in [0.15, 0.2) is 24.3 Å². The Balaban J connectivity index is 1.20. The molecule has 0 spiro atoms. The quantitative estimate of drug-likeness (QED) is 0.359. The van der Waals surface area contributed by atoms with Gasteiger partial charge in [0.25, 0.3) is 0 Å². The third-order valence-corrected chi connectivity index (χ3v) is 5.80. The van der Waals surface area contributed by atoms with E-state index in [-0.39, 0.29) is 17.9 Å². The summed E-state index contributed by atoms with van der Waals surface area (Å²) in [5.74, 6) is -0.430. The number of hydrogen-bond acceptors (Lipinski definition) is 6. The molecule has 0 aliphatic carbocycles. The van der Waals surface area contributed by atoms with Crippen LogP contribution in [-0.2, 0) is 14.3 Å². The minimum atomic E-state index is -0.338. The van der Waals surface area contributed by atoms with Crippen LogP contribution in [0.3, 0.4) is 0 Å². The number of anilines is 2. The van der Waals surface area contributed by atoms with Crippen LogP contribution in [0.25, 0.3) is 0 Å². The number of unbranched alkanes of at least 4 members (excludes halogenated alkanes) is 5. The Morgan fingerprint density at radius 1 is 0.933 bits per heavy atom. The van der Waals surface area contributed by atoms with Crippen LogP contribution >= 0.6 is 0 Å². The highest BCUT2D eigenvalue weighted by Gasteiger charge is 2.26. The number of piperidine rings is 1.